The summed E-state index contributed by atoms with van der Waals surface area (Å²) in [6.45, 7) is 2.20. The first-order valence-electron chi connectivity index (χ1n) is 13.8. The van der Waals surface area contributed by atoms with E-state index in [-0.39, 0.29) is 29.1 Å². The van der Waals surface area contributed by atoms with E-state index in [1.165, 1.54) is 21.7 Å². The average molecular weight is 559 g/mol. The minimum atomic E-state index is -2.59. The molecule has 1 aromatic carbocycles. The zero-order valence-electron chi connectivity index (χ0n) is 22.7. The summed E-state index contributed by atoms with van der Waals surface area (Å²) < 4.78 is 60.0. The van der Waals surface area contributed by atoms with Crippen molar-refractivity contribution in [1.29, 1.82) is 0 Å². The molecule has 1 saturated carbocycles. The van der Waals surface area contributed by atoms with Crippen molar-refractivity contribution in [2.75, 3.05) is 18.4 Å². The van der Waals surface area contributed by atoms with Gasteiger partial charge in [-0.2, -0.15) is 0 Å². The van der Waals surface area contributed by atoms with Crippen molar-refractivity contribution >= 4 is 46.0 Å². The standard InChI is InChI=1S/C27H28B3F4N7/c1-14-35-20-6-5-15(9-22(20)40(14)13-23(33)34)24-18(32)12-41-25(24)21(10-27(28,29)30)37-26(38-41)36-19-7-8-39(11-17(19)31)16-3-2-4-16/h5-6,9,12,16-17,19,23H,2-4,7-8,10-11,13H2,1H3,(H,36,38). The second-order valence-electron chi connectivity index (χ2n) is 11.3. The van der Waals surface area contributed by atoms with Crippen LogP contribution in [0.2, 0.25) is 5.11 Å². The molecule has 6 rings (SSSR count). The van der Waals surface area contributed by atoms with Gasteiger partial charge in [0, 0.05) is 24.7 Å². The second-order valence-corrected chi connectivity index (χ2v) is 11.3. The van der Waals surface area contributed by atoms with Gasteiger partial charge in [-0.3, -0.25) is 4.90 Å². The van der Waals surface area contributed by atoms with Gasteiger partial charge < -0.3 is 9.88 Å². The molecule has 2 unspecified atom stereocenters. The lowest BCUT2D eigenvalue weighted by molar-refractivity contribution is 0.0552. The van der Waals surface area contributed by atoms with Gasteiger partial charge in [0.2, 0.25) is 5.95 Å². The van der Waals surface area contributed by atoms with Crippen molar-refractivity contribution in [2.24, 2.45) is 0 Å². The first kappa shape index (κ1) is 28.1. The highest BCUT2D eigenvalue weighted by atomic mass is 19.3. The maximum Gasteiger partial charge on any atom is 0.256 e. The zero-order chi connectivity index (χ0) is 29.1. The fourth-order valence-electron chi connectivity index (χ4n) is 5.98. The summed E-state index contributed by atoms with van der Waals surface area (Å²) in [5.41, 5.74) is 2.01. The van der Waals surface area contributed by atoms with E-state index in [2.05, 4.69) is 25.3 Å². The summed E-state index contributed by atoms with van der Waals surface area (Å²) >= 11 is 0. The van der Waals surface area contributed by atoms with Crippen LogP contribution >= 0.6 is 0 Å². The molecule has 2 aliphatic rings. The average Bonchev–Trinajstić information content (AvgIpc) is 3.33. The Labute approximate surface area is 239 Å². The van der Waals surface area contributed by atoms with Gasteiger partial charge in [-0.25, -0.2) is 32.0 Å². The molecule has 2 fully saturated rings. The first-order chi connectivity index (χ1) is 19.5. The van der Waals surface area contributed by atoms with Gasteiger partial charge >= 0.3 is 0 Å². The number of fused-ring (bicyclic) bond motifs is 2. The number of hydrogen-bond donors (Lipinski definition) is 1. The number of aromatic nitrogens is 5. The summed E-state index contributed by atoms with van der Waals surface area (Å²) in [7, 11) is 17.8. The van der Waals surface area contributed by atoms with E-state index in [4.69, 9.17) is 23.5 Å². The highest BCUT2D eigenvalue weighted by Crippen LogP contribution is 2.35. The SMILES string of the molecule is [B]C([B])([B])Cc1nc(NC2CCN(C3CCC3)CC2F)nn2cc(F)c(-c3ccc4nc(C)n(CC(F)F)c4c3)c12. The highest BCUT2D eigenvalue weighted by Gasteiger charge is 2.35. The van der Waals surface area contributed by atoms with Crippen molar-refractivity contribution in [2.45, 2.75) is 75.4 Å². The molecule has 41 heavy (non-hydrogen) atoms. The molecule has 0 amide bonds. The summed E-state index contributed by atoms with van der Waals surface area (Å²) in [6.07, 6.45) is 1.29. The Hall–Kier alpha value is -3.02. The van der Waals surface area contributed by atoms with Crippen LogP contribution in [0.4, 0.5) is 23.5 Å². The minimum absolute atomic E-state index is 0.101. The quantitative estimate of drug-likeness (QED) is 0.262. The normalized spacial score (nSPS) is 20.7. The number of piperidine rings is 1. The largest absolute Gasteiger partial charge is 0.347 e. The minimum Gasteiger partial charge on any atom is -0.347 e. The molecule has 1 N–H and O–H groups in total. The molecule has 4 heterocycles. The molecule has 2 atom stereocenters. The van der Waals surface area contributed by atoms with E-state index in [1.807, 2.05) is 0 Å². The predicted octanol–water partition coefficient (Wildman–Crippen LogP) is 3.96. The van der Waals surface area contributed by atoms with Crippen molar-refractivity contribution in [3.05, 3.63) is 41.7 Å². The van der Waals surface area contributed by atoms with Crippen molar-refractivity contribution in [1.82, 2.24) is 29.0 Å². The number of likely N-dealkylation sites (tertiary alicyclic amines) is 1. The Kier molecular flexibility index (Phi) is 7.32. The number of anilines is 1. The van der Waals surface area contributed by atoms with E-state index in [1.54, 1.807) is 25.1 Å². The maximum atomic E-state index is 15.6. The predicted molar refractivity (Wildman–Crippen MR) is 152 cm³/mol. The Morgan fingerprint density at radius 3 is 2.59 bits per heavy atom. The lowest BCUT2D eigenvalue weighted by atomic mass is 9.41. The molecule has 0 bridgehead atoms. The number of benzene rings is 1. The molecule has 1 aliphatic carbocycles. The van der Waals surface area contributed by atoms with Gasteiger partial charge in [0.1, 0.15) is 12.0 Å². The van der Waals surface area contributed by atoms with Crippen LogP contribution in [0.5, 0.6) is 0 Å². The van der Waals surface area contributed by atoms with Gasteiger partial charge in [-0.05, 0) is 50.3 Å². The lowest BCUT2D eigenvalue weighted by Crippen LogP contribution is -2.53. The van der Waals surface area contributed by atoms with Crippen LogP contribution in [0, 0.1) is 12.7 Å². The first-order valence-corrected chi connectivity index (χ1v) is 13.8. The van der Waals surface area contributed by atoms with Crippen LogP contribution in [0.15, 0.2) is 24.4 Å². The second kappa shape index (κ2) is 10.7. The number of aryl methyl sites for hydroxylation is 1. The van der Waals surface area contributed by atoms with Crippen LogP contribution in [0.25, 0.3) is 27.7 Å². The molecule has 1 saturated heterocycles. The number of nitrogens with one attached hydrogen (secondary N) is 1. The lowest BCUT2D eigenvalue weighted by Gasteiger charge is -2.43. The number of alkyl halides is 3. The number of hydrogen-bond acceptors (Lipinski definition) is 5. The maximum absolute atomic E-state index is 15.6. The molecule has 208 valence electrons. The number of imidazole rings is 1. The molecule has 6 radical (unpaired) electrons. The third-order valence-corrected chi connectivity index (χ3v) is 8.16. The van der Waals surface area contributed by atoms with Crippen LogP contribution in [-0.2, 0) is 13.0 Å². The van der Waals surface area contributed by atoms with Crippen LogP contribution < -0.4 is 5.32 Å². The summed E-state index contributed by atoms with van der Waals surface area (Å²) in [5.74, 6) is -0.102. The number of halogens is 4. The third kappa shape index (κ3) is 5.59. The monoisotopic (exact) mass is 559 g/mol. The van der Waals surface area contributed by atoms with Gasteiger partial charge in [0.15, 0.2) is 5.82 Å². The summed E-state index contributed by atoms with van der Waals surface area (Å²) in [5, 5.41) is 5.85. The topological polar surface area (TPSA) is 63.3 Å². The van der Waals surface area contributed by atoms with Crippen molar-refractivity contribution in [3.8, 4) is 11.1 Å². The Morgan fingerprint density at radius 2 is 1.93 bits per heavy atom. The fraction of sp³-hybridized carbons (Fsp3) is 0.519. The van der Waals surface area contributed by atoms with Gasteiger partial charge in [-0.15, -0.1) is 10.2 Å². The Bertz CT molecular complexity index is 1580. The van der Waals surface area contributed by atoms with Crippen LogP contribution in [0.3, 0.4) is 0 Å². The molecular weight excluding hydrogens is 531 g/mol. The van der Waals surface area contributed by atoms with E-state index in [0.29, 0.717) is 41.4 Å². The smallest absolute Gasteiger partial charge is 0.256 e. The number of nitrogens with zero attached hydrogens (tertiary/aromatic N) is 6. The zero-order valence-corrected chi connectivity index (χ0v) is 22.7. The van der Waals surface area contributed by atoms with Crippen LogP contribution in [0.1, 0.15) is 37.2 Å². The molecule has 3 aromatic heterocycles. The molecule has 4 aromatic rings. The molecule has 14 heteroatoms. The highest BCUT2D eigenvalue weighted by molar-refractivity contribution is 6.59. The van der Waals surface area contributed by atoms with Gasteiger partial charge in [-0.1, -0.05) is 12.5 Å². The van der Waals surface area contributed by atoms with Crippen LogP contribution in [-0.4, -0.2) is 90.4 Å². The molecular formula is C27H28B3F4N7. The van der Waals surface area contributed by atoms with Gasteiger partial charge in [0.25, 0.3) is 6.43 Å². The summed E-state index contributed by atoms with van der Waals surface area (Å²) in [4.78, 5) is 11.1. The molecule has 7 nitrogen and oxygen atoms in total. The molecule has 0 spiro atoms. The van der Waals surface area contributed by atoms with E-state index < -0.39 is 36.1 Å². The Balaban J connectivity index is 1.38. The third-order valence-electron chi connectivity index (χ3n) is 8.16. The Morgan fingerprint density at radius 1 is 1.15 bits per heavy atom. The van der Waals surface area contributed by atoms with E-state index >= 15 is 8.78 Å². The van der Waals surface area contributed by atoms with Crippen molar-refractivity contribution < 1.29 is 17.6 Å². The van der Waals surface area contributed by atoms with Gasteiger partial charge in [0.05, 0.1) is 64.6 Å². The van der Waals surface area contributed by atoms with E-state index in [9.17, 15) is 8.78 Å². The fourth-order valence-corrected chi connectivity index (χ4v) is 5.98. The van der Waals surface area contributed by atoms with Crippen molar-refractivity contribution in [3.63, 3.8) is 0 Å². The number of rotatable bonds is 8. The summed E-state index contributed by atoms with van der Waals surface area (Å²) in [6, 6.07) is 4.85. The van der Waals surface area contributed by atoms with E-state index in [0.717, 1.165) is 19.4 Å². The molecule has 1 aliphatic heterocycles.